The normalized spacial score (nSPS) is 13.0. The van der Waals surface area contributed by atoms with Crippen LogP contribution in [0.2, 0.25) is 0 Å². The molecule has 0 radical (unpaired) electrons. The summed E-state index contributed by atoms with van der Waals surface area (Å²) in [5.41, 5.74) is 0.0649. The molecule has 0 fully saturated rings. The zero-order valence-corrected chi connectivity index (χ0v) is 8.36. The molecule has 0 amide bonds. The summed E-state index contributed by atoms with van der Waals surface area (Å²) in [6.07, 6.45) is 2.96. The van der Waals surface area contributed by atoms with Gasteiger partial charge in [0.05, 0.1) is 23.5 Å². The first-order valence-electron chi connectivity index (χ1n) is 5.90. The highest BCUT2D eigenvalue weighted by atomic mass is 16.5. The van der Waals surface area contributed by atoms with Crippen LogP contribution >= 0.6 is 0 Å². The largest absolute Gasteiger partial charge is 0.495 e. The van der Waals surface area contributed by atoms with Gasteiger partial charge < -0.3 is 4.74 Å². The summed E-state index contributed by atoms with van der Waals surface area (Å²) < 4.78 is 27.0. The van der Waals surface area contributed by atoms with Crippen molar-refractivity contribution in [2.24, 2.45) is 0 Å². The molecule has 0 saturated heterocycles. The molecule has 0 aliphatic rings. The average Bonchev–Trinajstić information content (AvgIpc) is 2.85. The number of methoxy groups -OCH3 is 1. The lowest BCUT2D eigenvalue weighted by Crippen LogP contribution is -2.00. The number of ether oxygens (including phenoxy) is 1. The third kappa shape index (κ3) is 1.96. The third-order valence-corrected chi connectivity index (χ3v) is 1.95. The first kappa shape index (κ1) is 7.51. The number of aromatic nitrogens is 4. The van der Waals surface area contributed by atoms with Crippen LogP contribution in [0.3, 0.4) is 0 Å². The highest BCUT2D eigenvalue weighted by Gasteiger charge is 2.08. The van der Waals surface area contributed by atoms with Crippen molar-refractivity contribution in [2.75, 3.05) is 7.04 Å². The van der Waals surface area contributed by atoms with E-state index in [0.717, 1.165) is 10.9 Å². The first-order chi connectivity index (χ1) is 9.43. The Morgan fingerprint density at radius 3 is 3.24 bits per heavy atom. The van der Waals surface area contributed by atoms with Crippen LogP contribution in [0, 0.1) is 11.3 Å². The molecule has 0 unspecified atom stereocenters. The molecular formula is C10H7N5O2. The SMILES string of the molecule is [2H]C([2H])([2H])Oc1cc(-n2cc(C=O)nn2)ncc1C#N. The minimum absolute atomic E-state index is 0.0272. The summed E-state index contributed by atoms with van der Waals surface area (Å²) in [5.74, 6) is 0.0181. The quantitative estimate of drug-likeness (QED) is 0.709. The molecule has 0 saturated carbocycles. The minimum Gasteiger partial charge on any atom is -0.495 e. The van der Waals surface area contributed by atoms with E-state index < -0.39 is 7.04 Å². The van der Waals surface area contributed by atoms with Gasteiger partial charge in [-0.1, -0.05) is 5.21 Å². The predicted molar refractivity (Wildman–Crippen MR) is 55.8 cm³/mol. The van der Waals surface area contributed by atoms with Crippen molar-refractivity contribution in [1.82, 2.24) is 20.0 Å². The number of hydrogen-bond acceptors (Lipinski definition) is 6. The highest BCUT2D eigenvalue weighted by Crippen LogP contribution is 2.18. The Labute approximate surface area is 100 Å². The number of carbonyl (C=O) groups is 1. The monoisotopic (exact) mass is 232 g/mol. The van der Waals surface area contributed by atoms with E-state index in [-0.39, 0.29) is 22.8 Å². The summed E-state index contributed by atoms with van der Waals surface area (Å²) >= 11 is 0. The third-order valence-electron chi connectivity index (χ3n) is 1.95. The molecule has 0 bridgehead atoms. The molecular weight excluding hydrogens is 222 g/mol. The number of aldehydes is 1. The smallest absolute Gasteiger partial charge is 0.171 e. The summed E-state index contributed by atoms with van der Waals surface area (Å²) in [6.45, 7) is 0. The molecule has 2 rings (SSSR count). The van der Waals surface area contributed by atoms with E-state index in [9.17, 15) is 4.79 Å². The average molecular weight is 232 g/mol. The minimum atomic E-state index is -2.69. The molecule has 7 nitrogen and oxygen atoms in total. The topological polar surface area (TPSA) is 93.7 Å². The van der Waals surface area contributed by atoms with Gasteiger partial charge in [0.25, 0.3) is 0 Å². The zero-order chi connectivity index (χ0) is 14.8. The van der Waals surface area contributed by atoms with Gasteiger partial charge in [0.15, 0.2) is 12.1 Å². The molecule has 0 spiro atoms. The number of hydrogen-bond donors (Lipinski definition) is 0. The number of nitriles is 1. The molecule has 2 heterocycles. The number of rotatable bonds is 3. The molecule has 0 aliphatic heterocycles. The van der Waals surface area contributed by atoms with Gasteiger partial charge in [0, 0.05) is 6.07 Å². The van der Waals surface area contributed by atoms with E-state index in [0.29, 0.717) is 6.29 Å². The van der Waals surface area contributed by atoms with Crippen LogP contribution in [0.5, 0.6) is 5.75 Å². The van der Waals surface area contributed by atoms with Crippen molar-refractivity contribution < 1.29 is 13.6 Å². The maximum atomic E-state index is 10.5. The summed E-state index contributed by atoms with van der Waals surface area (Å²) in [7, 11) is -2.69. The second kappa shape index (κ2) is 4.40. The molecule has 17 heavy (non-hydrogen) atoms. The lowest BCUT2D eigenvalue weighted by atomic mass is 10.3. The van der Waals surface area contributed by atoms with E-state index in [1.54, 1.807) is 6.07 Å². The molecule has 2 aromatic rings. The van der Waals surface area contributed by atoms with Crippen molar-refractivity contribution in [3.63, 3.8) is 0 Å². The van der Waals surface area contributed by atoms with Gasteiger partial charge in [0.1, 0.15) is 23.1 Å². The standard InChI is InChI=1S/C10H7N5O2/c1-17-9-2-10(12-4-7(9)3-11)15-5-8(6-16)13-14-15/h2,4-6H,1H3/i1D3. The van der Waals surface area contributed by atoms with Crippen molar-refractivity contribution >= 4 is 6.29 Å². The molecule has 2 aromatic heterocycles. The summed E-state index contributed by atoms with van der Waals surface area (Å²) in [4.78, 5) is 14.4. The number of carbonyl (C=O) groups excluding carboxylic acids is 1. The highest BCUT2D eigenvalue weighted by molar-refractivity contribution is 5.70. The second-order valence-corrected chi connectivity index (χ2v) is 2.96. The fourth-order valence-corrected chi connectivity index (χ4v) is 1.16. The molecule has 0 aromatic carbocycles. The summed E-state index contributed by atoms with van der Waals surface area (Å²) in [6, 6.07) is 3.00. The lowest BCUT2D eigenvalue weighted by Gasteiger charge is -2.04. The van der Waals surface area contributed by atoms with E-state index in [1.807, 2.05) is 0 Å². The van der Waals surface area contributed by atoms with Crippen molar-refractivity contribution in [1.29, 1.82) is 5.26 Å². The van der Waals surface area contributed by atoms with Crippen LogP contribution in [-0.4, -0.2) is 33.3 Å². The van der Waals surface area contributed by atoms with Crippen LogP contribution in [0.1, 0.15) is 20.2 Å². The van der Waals surface area contributed by atoms with Crippen LogP contribution in [0.25, 0.3) is 5.82 Å². The van der Waals surface area contributed by atoms with Gasteiger partial charge in [-0.05, 0) is 0 Å². The zero-order valence-electron chi connectivity index (χ0n) is 11.4. The Morgan fingerprint density at radius 2 is 2.59 bits per heavy atom. The second-order valence-electron chi connectivity index (χ2n) is 2.96. The van der Waals surface area contributed by atoms with Crippen LogP contribution < -0.4 is 4.74 Å². The fraction of sp³-hybridized carbons (Fsp3) is 0.100. The Bertz CT molecular complexity index is 689. The van der Waals surface area contributed by atoms with Crippen LogP contribution in [0.15, 0.2) is 18.5 Å². The van der Waals surface area contributed by atoms with Gasteiger partial charge in [-0.2, -0.15) is 5.26 Å². The van der Waals surface area contributed by atoms with E-state index in [2.05, 4.69) is 15.3 Å². The van der Waals surface area contributed by atoms with Crippen LogP contribution in [0.4, 0.5) is 0 Å². The Kier molecular flexibility index (Phi) is 1.95. The van der Waals surface area contributed by atoms with Gasteiger partial charge in [0.2, 0.25) is 0 Å². The van der Waals surface area contributed by atoms with Gasteiger partial charge in [-0.15, -0.1) is 5.10 Å². The van der Waals surface area contributed by atoms with E-state index >= 15 is 0 Å². The van der Waals surface area contributed by atoms with Gasteiger partial charge in [-0.3, -0.25) is 4.79 Å². The van der Waals surface area contributed by atoms with E-state index in [1.165, 1.54) is 12.3 Å². The fourth-order valence-electron chi connectivity index (χ4n) is 1.16. The van der Waals surface area contributed by atoms with E-state index in [4.69, 9.17) is 14.1 Å². The van der Waals surface area contributed by atoms with Crippen LogP contribution in [-0.2, 0) is 0 Å². The van der Waals surface area contributed by atoms with Crippen molar-refractivity contribution in [3.8, 4) is 17.6 Å². The Morgan fingerprint density at radius 1 is 1.71 bits per heavy atom. The van der Waals surface area contributed by atoms with Gasteiger partial charge >= 0.3 is 0 Å². The molecule has 0 N–H and O–H groups in total. The van der Waals surface area contributed by atoms with Crippen molar-refractivity contribution in [3.05, 3.63) is 29.7 Å². The number of pyridine rings is 1. The summed E-state index contributed by atoms with van der Waals surface area (Å²) in [5, 5.41) is 16.1. The van der Waals surface area contributed by atoms with Crippen molar-refractivity contribution in [2.45, 2.75) is 0 Å². The lowest BCUT2D eigenvalue weighted by molar-refractivity contribution is 0.111. The Balaban J connectivity index is 2.44. The number of nitrogens with zero attached hydrogens (tertiary/aromatic N) is 5. The molecule has 84 valence electrons. The predicted octanol–water partition coefficient (Wildman–Crippen LogP) is 0.355. The molecule has 0 aliphatic carbocycles. The Hall–Kier alpha value is -2.75. The maximum Gasteiger partial charge on any atom is 0.171 e. The first-order valence-corrected chi connectivity index (χ1v) is 4.40. The molecule has 7 heteroatoms. The maximum absolute atomic E-state index is 10.5. The molecule has 0 atom stereocenters. The van der Waals surface area contributed by atoms with Gasteiger partial charge in [-0.25, -0.2) is 9.67 Å².